The summed E-state index contributed by atoms with van der Waals surface area (Å²) in [6.07, 6.45) is 1.31. The Balaban J connectivity index is 2.67. The van der Waals surface area contributed by atoms with Crippen molar-refractivity contribution < 1.29 is 9.90 Å². The van der Waals surface area contributed by atoms with Crippen molar-refractivity contribution in [3.63, 3.8) is 0 Å². The predicted octanol–water partition coefficient (Wildman–Crippen LogP) is 1.02. The summed E-state index contributed by atoms with van der Waals surface area (Å²) >= 11 is 0. The molecule has 1 aliphatic rings. The average molecular weight is 167 g/mol. The van der Waals surface area contributed by atoms with E-state index < -0.39 is 11.5 Å². The number of nitrogens with zero attached hydrogens (tertiary/aromatic N) is 1. The number of aliphatic hydroxyl groups is 1. The molecule has 0 aromatic rings. The molecule has 12 heavy (non-hydrogen) atoms. The molecule has 0 amide bonds. The topological polar surface area (TPSA) is 61.1 Å². The molecule has 2 atom stereocenters. The van der Waals surface area contributed by atoms with Crippen LogP contribution >= 0.6 is 0 Å². The molecule has 0 heterocycles. The largest absolute Gasteiger partial charge is 0.392 e. The van der Waals surface area contributed by atoms with Crippen molar-refractivity contribution in [2.45, 2.75) is 38.7 Å². The minimum atomic E-state index is -0.643. The van der Waals surface area contributed by atoms with E-state index in [1.165, 1.54) is 0 Å². The predicted molar refractivity (Wildman–Crippen MR) is 43.2 cm³/mol. The lowest BCUT2D eigenvalue weighted by molar-refractivity contribution is -0.128. The van der Waals surface area contributed by atoms with E-state index in [9.17, 15) is 9.90 Å². The number of aliphatic hydroxyl groups excluding tert-OH is 1. The zero-order valence-corrected chi connectivity index (χ0v) is 7.21. The van der Waals surface area contributed by atoms with Crippen molar-refractivity contribution in [1.29, 1.82) is 5.26 Å². The van der Waals surface area contributed by atoms with Gasteiger partial charge in [0.1, 0.15) is 5.78 Å². The van der Waals surface area contributed by atoms with E-state index in [1.807, 2.05) is 6.07 Å². The zero-order chi connectivity index (χ0) is 9.19. The van der Waals surface area contributed by atoms with Gasteiger partial charge in [-0.15, -0.1) is 0 Å². The normalized spacial score (nSPS) is 35.1. The standard InChI is InChI=1S/C9H13NO2/c1-9(5-2-6-10)7(11)3-4-8(9)12/h7,11H,2-5H2,1H3/t7-,9+/m1/s1. The van der Waals surface area contributed by atoms with E-state index in [2.05, 4.69) is 0 Å². The Labute approximate surface area is 72.0 Å². The summed E-state index contributed by atoms with van der Waals surface area (Å²) in [7, 11) is 0. The van der Waals surface area contributed by atoms with Gasteiger partial charge in [-0.2, -0.15) is 5.26 Å². The molecule has 0 aromatic carbocycles. The van der Waals surface area contributed by atoms with Gasteiger partial charge in [-0.05, 0) is 12.8 Å². The fourth-order valence-electron chi connectivity index (χ4n) is 1.68. The van der Waals surface area contributed by atoms with Gasteiger partial charge in [0.2, 0.25) is 0 Å². The lowest BCUT2D eigenvalue weighted by atomic mass is 9.81. The molecule has 1 rings (SSSR count). The first-order chi connectivity index (χ1) is 5.61. The second-order valence-electron chi connectivity index (χ2n) is 3.55. The molecule has 1 N–H and O–H groups in total. The van der Waals surface area contributed by atoms with E-state index in [4.69, 9.17) is 5.26 Å². The zero-order valence-electron chi connectivity index (χ0n) is 7.21. The fraction of sp³-hybridized carbons (Fsp3) is 0.778. The first kappa shape index (κ1) is 9.21. The summed E-state index contributed by atoms with van der Waals surface area (Å²) < 4.78 is 0. The Morgan fingerprint density at radius 2 is 2.50 bits per heavy atom. The Bertz CT molecular complexity index is 231. The smallest absolute Gasteiger partial charge is 0.141 e. The summed E-state index contributed by atoms with van der Waals surface area (Å²) in [6.45, 7) is 1.75. The number of hydrogen-bond acceptors (Lipinski definition) is 3. The van der Waals surface area contributed by atoms with E-state index in [-0.39, 0.29) is 5.78 Å². The summed E-state index contributed by atoms with van der Waals surface area (Å²) in [4.78, 5) is 11.3. The first-order valence-corrected chi connectivity index (χ1v) is 4.19. The van der Waals surface area contributed by atoms with Crippen LogP contribution in [0.25, 0.3) is 0 Å². The molecular formula is C9H13NO2. The van der Waals surface area contributed by atoms with Gasteiger partial charge in [0, 0.05) is 12.8 Å². The minimum Gasteiger partial charge on any atom is -0.392 e. The maximum Gasteiger partial charge on any atom is 0.141 e. The number of nitriles is 1. The third-order valence-electron chi connectivity index (χ3n) is 2.77. The van der Waals surface area contributed by atoms with Crippen LogP contribution in [0.3, 0.4) is 0 Å². The Kier molecular flexibility index (Phi) is 2.49. The van der Waals surface area contributed by atoms with Gasteiger partial charge in [0.15, 0.2) is 0 Å². The van der Waals surface area contributed by atoms with Crippen LogP contribution in [0.5, 0.6) is 0 Å². The van der Waals surface area contributed by atoms with E-state index in [0.29, 0.717) is 25.7 Å². The molecule has 0 unspecified atom stereocenters. The van der Waals surface area contributed by atoms with E-state index in [1.54, 1.807) is 6.92 Å². The quantitative estimate of drug-likeness (QED) is 0.668. The van der Waals surface area contributed by atoms with Gasteiger partial charge in [0.05, 0.1) is 17.6 Å². The lowest BCUT2D eigenvalue weighted by Crippen LogP contribution is -2.32. The highest BCUT2D eigenvalue weighted by Crippen LogP contribution is 2.38. The minimum absolute atomic E-state index is 0.102. The first-order valence-electron chi connectivity index (χ1n) is 4.19. The molecule has 0 aliphatic heterocycles. The Hall–Kier alpha value is -0.880. The van der Waals surface area contributed by atoms with Crippen LogP contribution in [-0.2, 0) is 4.79 Å². The van der Waals surface area contributed by atoms with Crippen molar-refractivity contribution in [1.82, 2.24) is 0 Å². The van der Waals surface area contributed by atoms with Crippen LogP contribution in [0, 0.1) is 16.7 Å². The lowest BCUT2D eigenvalue weighted by Gasteiger charge is -2.24. The summed E-state index contributed by atoms with van der Waals surface area (Å²) in [5, 5.41) is 17.9. The molecule has 66 valence electrons. The van der Waals surface area contributed by atoms with Gasteiger partial charge in [-0.1, -0.05) is 6.92 Å². The number of carbonyl (C=O) groups is 1. The van der Waals surface area contributed by atoms with Gasteiger partial charge in [-0.3, -0.25) is 4.79 Å². The van der Waals surface area contributed by atoms with Crippen LogP contribution in [0.15, 0.2) is 0 Å². The molecule has 1 aliphatic carbocycles. The maximum absolute atomic E-state index is 11.3. The number of carbonyl (C=O) groups excluding carboxylic acids is 1. The number of hydrogen-bond donors (Lipinski definition) is 1. The van der Waals surface area contributed by atoms with Crippen LogP contribution < -0.4 is 0 Å². The molecule has 0 radical (unpaired) electrons. The molecule has 1 saturated carbocycles. The molecular weight excluding hydrogens is 154 g/mol. The number of Topliss-reactive ketones (excluding diaryl/α,β-unsaturated/α-hetero) is 1. The summed E-state index contributed by atoms with van der Waals surface area (Å²) in [6, 6.07) is 2.00. The molecule has 3 heteroatoms. The van der Waals surface area contributed by atoms with Crippen LogP contribution in [0.2, 0.25) is 0 Å². The number of rotatable bonds is 2. The van der Waals surface area contributed by atoms with Crippen molar-refractivity contribution in [2.24, 2.45) is 5.41 Å². The molecule has 1 fully saturated rings. The highest BCUT2D eigenvalue weighted by atomic mass is 16.3. The van der Waals surface area contributed by atoms with Crippen molar-refractivity contribution in [3.05, 3.63) is 0 Å². The second kappa shape index (κ2) is 3.24. The van der Waals surface area contributed by atoms with Crippen molar-refractivity contribution in [3.8, 4) is 6.07 Å². The molecule has 3 nitrogen and oxygen atoms in total. The monoisotopic (exact) mass is 167 g/mol. The molecule has 0 saturated heterocycles. The summed E-state index contributed by atoms with van der Waals surface area (Å²) in [5.41, 5.74) is -0.643. The third kappa shape index (κ3) is 1.35. The SMILES string of the molecule is C[C@@]1(CCC#N)C(=O)CC[C@H]1O. The van der Waals surface area contributed by atoms with Gasteiger partial charge >= 0.3 is 0 Å². The van der Waals surface area contributed by atoms with Crippen molar-refractivity contribution in [2.75, 3.05) is 0 Å². The Morgan fingerprint density at radius 1 is 1.83 bits per heavy atom. The van der Waals surface area contributed by atoms with Crippen LogP contribution in [0.1, 0.15) is 32.6 Å². The highest BCUT2D eigenvalue weighted by Gasteiger charge is 2.44. The fourth-order valence-corrected chi connectivity index (χ4v) is 1.68. The van der Waals surface area contributed by atoms with Gasteiger partial charge in [0.25, 0.3) is 0 Å². The van der Waals surface area contributed by atoms with E-state index >= 15 is 0 Å². The van der Waals surface area contributed by atoms with Gasteiger partial charge < -0.3 is 5.11 Å². The van der Waals surface area contributed by atoms with E-state index in [0.717, 1.165) is 0 Å². The summed E-state index contributed by atoms with van der Waals surface area (Å²) in [5.74, 6) is 0.102. The van der Waals surface area contributed by atoms with Crippen molar-refractivity contribution >= 4 is 5.78 Å². The molecule has 0 aromatic heterocycles. The van der Waals surface area contributed by atoms with Crippen LogP contribution in [-0.4, -0.2) is 17.0 Å². The average Bonchev–Trinajstić information content (AvgIpc) is 2.30. The Morgan fingerprint density at radius 3 is 2.92 bits per heavy atom. The second-order valence-corrected chi connectivity index (χ2v) is 3.55. The van der Waals surface area contributed by atoms with Gasteiger partial charge in [-0.25, -0.2) is 0 Å². The number of ketones is 1. The maximum atomic E-state index is 11.3. The highest BCUT2D eigenvalue weighted by molar-refractivity contribution is 5.87. The molecule has 0 bridgehead atoms. The molecule has 0 spiro atoms. The third-order valence-corrected chi connectivity index (χ3v) is 2.77. The van der Waals surface area contributed by atoms with Crippen LogP contribution in [0.4, 0.5) is 0 Å².